The normalized spacial score (nSPS) is 16.5. The molecule has 2 aromatic heterocycles. The van der Waals surface area contributed by atoms with Crippen LogP contribution in [0.4, 0.5) is 5.82 Å². The Balaban J connectivity index is 1.81. The largest absolute Gasteiger partial charge is 0.491 e. The molecule has 3 heterocycles. The van der Waals surface area contributed by atoms with Crippen molar-refractivity contribution < 1.29 is 19.3 Å². The summed E-state index contributed by atoms with van der Waals surface area (Å²) in [7, 11) is 1.54. The van der Waals surface area contributed by atoms with Crippen molar-refractivity contribution >= 4 is 22.9 Å². The van der Waals surface area contributed by atoms with Gasteiger partial charge >= 0.3 is 0 Å². The van der Waals surface area contributed by atoms with Gasteiger partial charge in [-0.25, -0.2) is 9.67 Å². The summed E-state index contributed by atoms with van der Waals surface area (Å²) in [4.78, 5) is 9.24. The summed E-state index contributed by atoms with van der Waals surface area (Å²) in [6, 6.07) is 7.56. The molecule has 1 atom stereocenters. The predicted octanol–water partition coefficient (Wildman–Crippen LogP) is 4.32. The van der Waals surface area contributed by atoms with Gasteiger partial charge in [-0.3, -0.25) is 0 Å². The first-order valence-electron chi connectivity index (χ1n) is 11.8. The lowest BCUT2D eigenvalue weighted by Crippen LogP contribution is -2.19. The van der Waals surface area contributed by atoms with Crippen molar-refractivity contribution in [2.75, 3.05) is 25.6 Å². The molecule has 0 radical (unpaired) electrons. The molecule has 1 aromatic carbocycles. The molecule has 4 rings (SSSR count). The summed E-state index contributed by atoms with van der Waals surface area (Å²) >= 11 is 0. The fourth-order valence-corrected chi connectivity index (χ4v) is 3.96. The Morgan fingerprint density at radius 2 is 2.17 bits per heavy atom. The van der Waals surface area contributed by atoms with Crippen molar-refractivity contribution in [2.45, 2.75) is 51.9 Å². The molecule has 35 heavy (non-hydrogen) atoms. The number of methoxy groups -OCH3 is 1. The number of aromatic nitrogens is 4. The molecular formula is C25H32N6O4. The Labute approximate surface area is 204 Å². The number of anilines is 1. The van der Waals surface area contributed by atoms with E-state index in [0.717, 1.165) is 35.9 Å². The number of aliphatic hydroxyl groups is 1. The Hall–Kier alpha value is -3.50. The van der Waals surface area contributed by atoms with Gasteiger partial charge in [0.25, 0.3) is 0 Å². The molecule has 186 valence electrons. The van der Waals surface area contributed by atoms with Gasteiger partial charge < -0.3 is 30.0 Å². The predicted molar refractivity (Wildman–Crippen MR) is 134 cm³/mol. The zero-order valence-corrected chi connectivity index (χ0v) is 20.3. The van der Waals surface area contributed by atoms with Crippen LogP contribution in [-0.2, 0) is 4.74 Å². The number of fused-ring (bicyclic) bond motifs is 1. The van der Waals surface area contributed by atoms with Gasteiger partial charge in [-0.15, -0.1) is 0 Å². The molecule has 0 saturated carbocycles. The van der Waals surface area contributed by atoms with Crippen molar-refractivity contribution in [1.82, 2.24) is 19.7 Å². The van der Waals surface area contributed by atoms with Gasteiger partial charge in [0.15, 0.2) is 12.1 Å². The van der Waals surface area contributed by atoms with Gasteiger partial charge in [-0.05, 0) is 63.3 Å². The molecule has 1 fully saturated rings. The Bertz CT molecular complexity index is 1200. The maximum atomic E-state index is 9.18. The van der Waals surface area contributed by atoms with Crippen molar-refractivity contribution in [3.63, 3.8) is 0 Å². The minimum Gasteiger partial charge on any atom is -0.491 e. The molecular weight excluding hydrogens is 448 g/mol. The first-order valence-corrected chi connectivity index (χ1v) is 11.8. The van der Waals surface area contributed by atoms with E-state index in [4.69, 9.17) is 24.7 Å². The third-order valence-corrected chi connectivity index (χ3v) is 5.59. The summed E-state index contributed by atoms with van der Waals surface area (Å²) in [6.07, 6.45) is 6.07. The molecule has 1 saturated heterocycles. The lowest BCUT2D eigenvalue weighted by atomic mass is 10.1. The van der Waals surface area contributed by atoms with E-state index in [1.807, 2.05) is 36.7 Å². The minimum absolute atomic E-state index is 0.0326. The molecule has 3 aromatic rings. The summed E-state index contributed by atoms with van der Waals surface area (Å²) < 4.78 is 19.3. The zero-order valence-electron chi connectivity index (χ0n) is 20.3. The highest BCUT2D eigenvalue weighted by Crippen LogP contribution is 2.35. The number of ether oxygens (including phenoxy) is 3. The standard InChI is InChI=1S/C25H32N6O4/c1-16(2)35-18-7-8-20-19(12-18)24(30-31(20)23-6-4-5-11-34-23)25-28-21(13-22(29-25)33-3)27-15-17(14-26)9-10-32/h7-8,12-16,23,26,32H,4-6,9-11H2,1-3H3,(H,27,28,29)/b17-15-,26-14?. The minimum atomic E-state index is -0.156. The van der Waals surface area contributed by atoms with Gasteiger partial charge in [0, 0.05) is 37.1 Å². The smallest absolute Gasteiger partial charge is 0.218 e. The molecule has 1 unspecified atom stereocenters. The number of benzene rings is 1. The highest BCUT2D eigenvalue weighted by atomic mass is 16.5. The van der Waals surface area contributed by atoms with Crippen LogP contribution in [0.25, 0.3) is 22.4 Å². The SMILES string of the molecule is COc1cc(N/C=C(\C=N)CCO)nc(-c2nn(C3CCCCO3)c3ccc(OC(C)C)cc23)n1. The van der Waals surface area contributed by atoms with Crippen LogP contribution in [0, 0.1) is 5.41 Å². The lowest BCUT2D eigenvalue weighted by molar-refractivity contribution is -0.0365. The van der Waals surface area contributed by atoms with E-state index < -0.39 is 0 Å². The maximum Gasteiger partial charge on any atom is 0.218 e. The number of aliphatic hydroxyl groups excluding tert-OH is 1. The average Bonchev–Trinajstić information content (AvgIpc) is 3.25. The summed E-state index contributed by atoms with van der Waals surface area (Å²) in [5.41, 5.74) is 2.14. The quantitative estimate of drug-likeness (QED) is 0.366. The van der Waals surface area contributed by atoms with Crippen molar-refractivity contribution in [2.24, 2.45) is 0 Å². The van der Waals surface area contributed by atoms with Crippen LogP contribution in [-0.4, -0.2) is 57.5 Å². The van der Waals surface area contributed by atoms with Gasteiger partial charge in [-0.1, -0.05) is 0 Å². The first kappa shape index (κ1) is 24.6. The molecule has 0 aliphatic carbocycles. The Morgan fingerprint density at radius 3 is 2.86 bits per heavy atom. The van der Waals surface area contributed by atoms with E-state index in [0.29, 0.717) is 41.8 Å². The Kier molecular flexibility index (Phi) is 7.94. The summed E-state index contributed by atoms with van der Waals surface area (Å²) in [6.45, 7) is 4.63. The van der Waals surface area contributed by atoms with Gasteiger partial charge in [-0.2, -0.15) is 10.1 Å². The van der Waals surface area contributed by atoms with Crippen molar-refractivity contribution in [1.29, 1.82) is 5.41 Å². The van der Waals surface area contributed by atoms with Gasteiger partial charge in [0.2, 0.25) is 5.88 Å². The van der Waals surface area contributed by atoms with E-state index in [1.54, 1.807) is 19.4 Å². The average molecular weight is 481 g/mol. The van der Waals surface area contributed by atoms with E-state index in [9.17, 15) is 5.11 Å². The van der Waals surface area contributed by atoms with E-state index >= 15 is 0 Å². The number of rotatable bonds is 10. The third-order valence-electron chi connectivity index (χ3n) is 5.59. The molecule has 0 spiro atoms. The third kappa shape index (κ3) is 5.77. The van der Waals surface area contributed by atoms with E-state index in [1.165, 1.54) is 6.21 Å². The molecule has 1 aliphatic rings. The van der Waals surface area contributed by atoms with E-state index in [2.05, 4.69) is 15.3 Å². The van der Waals surface area contributed by atoms with Crippen LogP contribution >= 0.6 is 0 Å². The van der Waals surface area contributed by atoms with Crippen LogP contribution in [0.1, 0.15) is 45.8 Å². The van der Waals surface area contributed by atoms with Crippen molar-refractivity contribution in [3.05, 3.63) is 36.0 Å². The first-order chi connectivity index (χ1) is 17.0. The molecule has 10 nitrogen and oxygen atoms in total. The molecule has 3 N–H and O–H groups in total. The Morgan fingerprint density at radius 1 is 1.31 bits per heavy atom. The fourth-order valence-electron chi connectivity index (χ4n) is 3.96. The van der Waals surface area contributed by atoms with Crippen LogP contribution < -0.4 is 14.8 Å². The molecule has 1 aliphatic heterocycles. The second-order valence-corrected chi connectivity index (χ2v) is 8.56. The monoisotopic (exact) mass is 480 g/mol. The summed E-state index contributed by atoms with van der Waals surface area (Å²) in [5.74, 6) is 1.98. The maximum absolute atomic E-state index is 9.18. The number of nitrogens with one attached hydrogen (secondary N) is 2. The molecule has 0 amide bonds. The molecule has 10 heteroatoms. The van der Waals surface area contributed by atoms with Gasteiger partial charge in [0.1, 0.15) is 17.3 Å². The number of nitrogens with zero attached hydrogens (tertiary/aromatic N) is 4. The van der Waals surface area contributed by atoms with Crippen LogP contribution in [0.15, 0.2) is 36.0 Å². The summed E-state index contributed by atoms with van der Waals surface area (Å²) in [5, 5.41) is 25.5. The number of hydrogen-bond donors (Lipinski definition) is 3. The van der Waals surface area contributed by atoms with Crippen LogP contribution in [0.5, 0.6) is 11.6 Å². The highest BCUT2D eigenvalue weighted by molar-refractivity contribution is 5.93. The van der Waals surface area contributed by atoms with Crippen LogP contribution in [0.3, 0.4) is 0 Å². The molecule has 0 bridgehead atoms. The second-order valence-electron chi connectivity index (χ2n) is 8.56. The second kappa shape index (κ2) is 11.3. The fraction of sp³-hybridized carbons (Fsp3) is 0.440. The van der Waals surface area contributed by atoms with Crippen LogP contribution in [0.2, 0.25) is 0 Å². The van der Waals surface area contributed by atoms with E-state index in [-0.39, 0.29) is 18.9 Å². The topological polar surface area (TPSA) is 127 Å². The number of hydrogen-bond acceptors (Lipinski definition) is 9. The van der Waals surface area contributed by atoms with Crippen molar-refractivity contribution in [3.8, 4) is 23.1 Å². The highest BCUT2D eigenvalue weighted by Gasteiger charge is 2.24. The zero-order chi connectivity index (χ0) is 24.8. The van der Waals surface area contributed by atoms with Gasteiger partial charge in [0.05, 0.1) is 18.7 Å². The lowest BCUT2D eigenvalue weighted by Gasteiger charge is -2.23.